The van der Waals surface area contributed by atoms with Crippen LogP contribution in [0, 0.1) is 0 Å². The van der Waals surface area contributed by atoms with Crippen LogP contribution in [0.15, 0.2) is 10.6 Å². The summed E-state index contributed by atoms with van der Waals surface area (Å²) in [7, 11) is 1.82. The maximum Gasteiger partial charge on any atom is 0.292 e. The van der Waals surface area contributed by atoms with Gasteiger partial charge in [-0.3, -0.25) is 14.5 Å². The van der Waals surface area contributed by atoms with E-state index in [9.17, 15) is 9.59 Å². The van der Waals surface area contributed by atoms with Gasteiger partial charge in [0.2, 0.25) is 11.7 Å². The number of piperidine rings is 1. The van der Waals surface area contributed by atoms with Crippen LogP contribution in [-0.4, -0.2) is 96.8 Å². The maximum absolute atomic E-state index is 13.0. The van der Waals surface area contributed by atoms with Crippen molar-refractivity contribution < 1.29 is 23.6 Å². The molecular weight excluding hydrogens is 364 g/mol. The highest BCUT2D eigenvalue weighted by Crippen LogP contribution is 2.21. The second-order valence-corrected chi connectivity index (χ2v) is 7.18. The van der Waals surface area contributed by atoms with Crippen molar-refractivity contribution in [3.05, 3.63) is 11.8 Å². The molecule has 2 aliphatic heterocycles. The molecule has 2 saturated heterocycles. The number of nitrogens with zero attached hydrogens (tertiary/aromatic N) is 4. The second-order valence-electron chi connectivity index (χ2n) is 7.18. The van der Waals surface area contributed by atoms with Gasteiger partial charge in [0.15, 0.2) is 0 Å². The van der Waals surface area contributed by atoms with E-state index in [0.29, 0.717) is 38.8 Å². The summed E-state index contributed by atoms with van der Waals surface area (Å²) in [4.78, 5) is 31.5. The van der Waals surface area contributed by atoms with Gasteiger partial charge in [-0.25, -0.2) is 0 Å². The van der Waals surface area contributed by atoms with Crippen molar-refractivity contribution in [2.75, 3.05) is 53.0 Å². The van der Waals surface area contributed by atoms with Crippen molar-refractivity contribution in [3.8, 4) is 5.88 Å². The molecule has 28 heavy (non-hydrogen) atoms. The molecule has 2 aliphatic rings. The summed E-state index contributed by atoms with van der Waals surface area (Å²) in [6, 6.07) is 1.24. The molecule has 0 aromatic carbocycles. The van der Waals surface area contributed by atoms with Crippen molar-refractivity contribution in [3.63, 3.8) is 0 Å². The van der Waals surface area contributed by atoms with Gasteiger partial charge >= 0.3 is 0 Å². The van der Waals surface area contributed by atoms with E-state index in [-0.39, 0.29) is 29.7 Å². The van der Waals surface area contributed by atoms with E-state index in [1.807, 2.05) is 14.0 Å². The van der Waals surface area contributed by atoms with Crippen molar-refractivity contribution in [1.82, 2.24) is 19.9 Å². The fourth-order valence-corrected chi connectivity index (χ4v) is 3.85. The normalized spacial score (nSPS) is 23.5. The minimum absolute atomic E-state index is 0.0277. The first-order valence-corrected chi connectivity index (χ1v) is 10.0. The van der Waals surface area contributed by atoms with Gasteiger partial charge in [0.25, 0.3) is 11.8 Å². The minimum atomic E-state index is -0.252. The van der Waals surface area contributed by atoms with E-state index in [0.717, 1.165) is 25.9 Å². The first-order valence-electron chi connectivity index (χ1n) is 10.0. The van der Waals surface area contributed by atoms with Gasteiger partial charge in [0.05, 0.1) is 25.9 Å². The average molecular weight is 394 g/mol. The summed E-state index contributed by atoms with van der Waals surface area (Å²) in [5, 5.41) is 3.75. The molecule has 0 bridgehead atoms. The number of likely N-dealkylation sites (N-methyl/N-ethyl adjacent to an activating group) is 2. The van der Waals surface area contributed by atoms with Crippen LogP contribution in [0.3, 0.4) is 0 Å². The van der Waals surface area contributed by atoms with Crippen molar-refractivity contribution >= 4 is 11.8 Å². The number of hydrogen-bond acceptors (Lipinski definition) is 7. The van der Waals surface area contributed by atoms with E-state index in [2.05, 4.69) is 17.0 Å². The molecule has 9 nitrogen and oxygen atoms in total. The second kappa shape index (κ2) is 9.38. The third kappa shape index (κ3) is 4.47. The van der Waals surface area contributed by atoms with Gasteiger partial charge in [0, 0.05) is 32.7 Å². The lowest BCUT2D eigenvalue weighted by molar-refractivity contribution is -0.144. The average Bonchev–Trinajstić information content (AvgIpc) is 3.21. The fraction of sp³-hybridized carbons (Fsp3) is 0.737. The van der Waals surface area contributed by atoms with Gasteiger partial charge in [-0.05, 0) is 31.5 Å². The Balaban J connectivity index is 1.63. The summed E-state index contributed by atoms with van der Waals surface area (Å²) in [6.45, 7) is 8.13. The molecule has 156 valence electrons. The maximum atomic E-state index is 13.0. The lowest BCUT2D eigenvalue weighted by Crippen LogP contribution is -2.58. The highest BCUT2D eigenvalue weighted by atomic mass is 16.5. The zero-order valence-corrected chi connectivity index (χ0v) is 16.9. The molecule has 2 fully saturated rings. The Labute approximate surface area is 165 Å². The first-order chi connectivity index (χ1) is 13.5. The number of carbonyl (C=O) groups is 2. The lowest BCUT2D eigenvalue weighted by Gasteiger charge is -2.41. The highest BCUT2D eigenvalue weighted by Gasteiger charge is 2.36. The molecule has 2 atom stereocenters. The molecule has 0 aliphatic carbocycles. The van der Waals surface area contributed by atoms with Gasteiger partial charge in [-0.1, -0.05) is 6.92 Å². The van der Waals surface area contributed by atoms with Crippen LogP contribution in [0.25, 0.3) is 0 Å². The molecule has 0 N–H and O–H groups in total. The number of carbonyl (C=O) groups excluding carboxylic acids is 2. The molecule has 2 unspecified atom stereocenters. The molecule has 0 spiro atoms. The molecule has 0 radical (unpaired) electrons. The number of hydrogen-bond donors (Lipinski definition) is 0. The van der Waals surface area contributed by atoms with Crippen LogP contribution in [0.5, 0.6) is 5.88 Å². The minimum Gasteiger partial charge on any atom is -0.476 e. The Bertz CT molecular complexity index is 679. The smallest absolute Gasteiger partial charge is 0.292 e. The highest BCUT2D eigenvalue weighted by molar-refractivity contribution is 5.91. The quantitative estimate of drug-likeness (QED) is 0.707. The third-order valence-electron chi connectivity index (χ3n) is 5.50. The molecule has 1 aromatic rings. The first kappa shape index (κ1) is 20.6. The number of likely N-dealkylation sites (tertiary alicyclic amines) is 1. The van der Waals surface area contributed by atoms with Gasteiger partial charge in [-0.2, -0.15) is 0 Å². The predicted molar refractivity (Wildman–Crippen MR) is 101 cm³/mol. The topological polar surface area (TPSA) is 88.4 Å². The molecule has 3 heterocycles. The predicted octanol–water partition coefficient (Wildman–Crippen LogP) is 0.857. The Hall–Kier alpha value is -2.13. The Morgan fingerprint density at radius 1 is 1.36 bits per heavy atom. The van der Waals surface area contributed by atoms with Crippen LogP contribution >= 0.6 is 0 Å². The largest absolute Gasteiger partial charge is 0.476 e. The Morgan fingerprint density at radius 2 is 2.18 bits per heavy atom. The molecule has 9 heteroatoms. The molecule has 3 rings (SSSR count). The van der Waals surface area contributed by atoms with Crippen LogP contribution < -0.4 is 4.74 Å². The molecule has 1 aromatic heterocycles. The summed E-state index contributed by atoms with van der Waals surface area (Å²) in [6.07, 6.45) is 1.70. The SMILES string of the molecule is CCOc1cc(C(=O)N2CCCC(N(C)C(=O)C3COCCN3CC)C2)on1. The summed E-state index contributed by atoms with van der Waals surface area (Å²) in [5.74, 6) is 0.305. The van der Waals surface area contributed by atoms with Crippen molar-refractivity contribution in [2.45, 2.75) is 38.8 Å². The van der Waals surface area contributed by atoms with Crippen LogP contribution in [-0.2, 0) is 9.53 Å². The summed E-state index contributed by atoms with van der Waals surface area (Å²) >= 11 is 0. The Morgan fingerprint density at radius 3 is 2.93 bits per heavy atom. The number of ether oxygens (including phenoxy) is 2. The van der Waals surface area contributed by atoms with Gasteiger partial charge in [-0.15, -0.1) is 0 Å². The van der Waals surface area contributed by atoms with Gasteiger partial charge < -0.3 is 23.8 Å². The van der Waals surface area contributed by atoms with E-state index >= 15 is 0 Å². The lowest BCUT2D eigenvalue weighted by atomic mass is 10.0. The van der Waals surface area contributed by atoms with E-state index in [1.54, 1.807) is 9.80 Å². The van der Waals surface area contributed by atoms with Crippen molar-refractivity contribution in [1.29, 1.82) is 0 Å². The third-order valence-corrected chi connectivity index (χ3v) is 5.50. The zero-order valence-electron chi connectivity index (χ0n) is 16.9. The van der Waals surface area contributed by atoms with E-state index in [4.69, 9.17) is 14.0 Å². The summed E-state index contributed by atoms with van der Waals surface area (Å²) < 4.78 is 15.9. The van der Waals surface area contributed by atoms with Gasteiger partial charge in [0.1, 0.15) is 6.04 Å². The van der Waals surface area contributed by atoms with Crippen LogP contribution in [0.1, 0.15) is 37.2 Å². The summed E-state index contributed by atoms with van der Waals surface area (Å²) in [5.41, 5.74) is 0. The molecular formula is C19H30N4O5. The molecule has 2 amide bonds. The zero-order chi connectivity index (χ0) is 20.1. The van der Waals surface area contributed by atoms with Crippen molar-refractivity contribution in [2.24, 2.45) is 0 Å². The monoisotopic (exact) mass is 394 g/mol. The molecule has 0 saturated carbocycles. The van der Waals surface area contributed by atoms with E-state index < -0.39 is 0 Å². The number of amides is 2. The van der Waals surface area contributed by atoms with Crippen LogP contribution in [0.4, 0.5) is 0 Å². The number of rotatable bonds is 6. The standard InChI is InChI=1S/C19H30N4O5/c1-4-22-9-10-26-13-15(22)18(24)21(3)14-7-6-8-23(12-14)19(25)16-11-17(20-28-16)27-5-2/h11,14-15H,4-10,12-13H2,1-3H3. The van der Waals surface area contributed by atoms with E-state index in [1.165, 1.54) is 6.07 Å². The Kier molecular flexibility index (Phi) is 6.90. The number of morpholine rings is 1. The fourth-order valence-electron chi connectivity index (χ4n) is 3.85. The number of aromatic nitrogens is 1. The van der Waals surface area contributed by atoms with Crippen LogP contribution in [0.2, 0.25) is 0 Å².